The molecule has 1 aliphatic carbocycles. The molecule has 2 heteroatoms. The quantitative estimate of drug-likeness (QED) is 0.744. The minimum absolute atomic E-state index is 0.260. The molecule has 1 aliphatic heterocycles. The molecule has 2 fully saturated rings. The number of hydrogen-bond acceptors (Lipinski definition) is 2. The summed E-state index contributed by atoms with van der Waals surface area (Å²) in [6.07, 6.45) is 13.9. The lowest BCUT2D eigenvalue weighted by Gasteiger charge is -2.33. The predicted octanol–water partition coefficient (Wildman–Crippen LogP) is 4.43. The van der Waals surface area contributed by atoms with Crippen LogP contribution < -0.4 is 5.32 Å². The van der Waals surface area contributed by atoms with Gasteiger partial charge in [0.15, 0.2) is 0 Å². The molecule has 1 N–H and O–H groups in total. The van der Waals surface area contributed by atoms with E-state index in [1.807, 2.05) is 0 Å². The van der Waals surface area contributed by atoms with E-state index < -0.39 is 0 Å². The van der Waals surface area contributed by atoms with Crippen LogP contribution in [0.5, 0.6) is 0 Å². The van der Waals surface area contributed by atoms with E-state index in [1.165, 1.54) is 64.2 Å². The molecular formula is C17H33NO. The maximum Gasteiger partial charge on any atom is 0.0687 e. The van der Waals surface area contributed by atoms with Gasteiger partial charge >= 0.3 is 0 Å². The van der Waals surface area contributed by atoms with E-state index in [2.05, 4.69) is 26.1 Å². The number of unbranched alkanes of at least 4 members (excludes halogenated alkanes) is 1. The molecule has 1 atom stereocenters. The Balaban J connectivity index is 1.58. The summed E-state index contributed by atoms with van der Waals surface area (Å²) < 4.78 is 6.42. The third-order valence-electron chi connectivity index (χ3n) is 4.71. The van der Waals surface area contributed by atoms with Crippen LogP contribution in [0.1, 0.15) is 85.0 Å². The first-order chi connectivity index (χ1) is 8.99. The fourth-order valence-corrected chi connectivity index (χ4v) is 3.62. The summed E-state index contributed by atoms with van der Waals surface area (Å²) >= 11 is 0. The Hall–Kier alpha value is -0.0800. The molecule has 0 amide bonds. The molecule has 2 rings (SSSR count). The molecule has 0 bridgehead atoms. The zero-order chi connectivity index (χ0) is 13.8. The molecule has 112 valence electrons. The van der Waals surface area contributed by atoms with E-state index in [0.717, 1.165) is 6.54 Å². The maximum absolute atomic E-state index is 6.42. The maximum atomic E-state index is 6.42. The van der Waals surface area contributed by atoms with Gasteiger partial charge in [-0.25, -0.2) is 0 Å². The summed E-state index contributed by atoms with van der Waals surface area (Å²) in [6.45, 7) is 7.85. The molecule has 19 heavy (non-hydrogen) atoms. The van der Waals surface area contributed by atoms with Gasteiger partial charge in [-0.15, -0.1) is 0 Å². The minimum atomic E-state index is 0.260. The Morgan fingerprint density at radius 2 is 1.79 bits per heavy atom. The van der Waals surface area contributed by atoms with Crippen molar-refractivity contribution in [3.63, 3.8) is 0 Å². The highest BCUT2D eigenvalue weighted by Gasteiger charge is 2.40. The normalized spacial score (nSPS) is 27.0. The first-order valence-corrected chi connectivity index (χ1v) is 8.42. The summed E-state index contributed by atoms with van der Waals surface area (Å²) in [5.41, 5.74) is 0.572. The number of rotatable bonds is 5. The summed E-state index contributed by atoms with van der Waals surface area (Å²) in [5.74, 6) is 0. The van der Waals surface area contributed by atoms with E-state index in [1.54, 1.807) is 0 Å². The molecule has 1 saturated heterocycles. The second-order valence-electron chi connectivity index (χ2n) is 7.69. The van der Waals surface area contributed by atoms with E-state index in [4.69, 9.17) is 4.74 Å². The van der Waals surface area contributed by atoms with Crippen LogP contribution in [0.2, 0.25) is 0 Å². The van der Waals surface area contributed by atoms with Gasteiger partial charge in [0.25, 0.3) is 0 Å². The average molecular weight is 267 g/mol. The fourth-order valence-electron chi connectivity index (χ4n) is 3.62. The van der Waals surface area contributed by atoms with Gasteiger partial charge < -0.3 is 10.1 Å². The molecule has 2 aliphatic rings. The molecule has 0 aromatic carbocycles. The van der Waals surface area contributed by atoms with Crippen molar-refractivity contribution in [2.75, 3.05) is 6.54 Å². The molecule has 1 spiro atoms. The zero-order valence-electron chi connectivity index (χ0n) is 13.3. The topological polar surface area (TPSA) is 21.3 Å². The fraction of sp³-hybridized carbons (Fsp3) is 1.00. The van der Waals surface area contributed by atoms with E-state index in [9.17, 15) is 0 Å². The van der Waals surface area contributed by atoms with Gasteiger partial charge in [0, 0.05) is 5.54 Å². The van der Waals surface area contributed by atoms with Crippen molar-refractivity contribution in [1.82, 2.24) is 5.32 Å². The second kappa shape index (κ2) is 6.58. The standard InChI is InChI=1S/C17H33NO/c1-16(2,3)18-14-8-5-9-15-10-13-17(19-15)11-6-4-7-12-17/h15,18H,4-14H2,1-3H3. The van der Waals surface area contributed by atoms with Crippen molar-refractivity contribution in [1.29, 1.82) is 0 Å². The van der Waals surface area contributed by atoms with Gasteiger partial charge in [-0.1, -0.05) is 19.3 Å². The molecule has 1 unspecified atom stereocenters. The van der Waals surface area contributed by atoms with Crippen LogP contribution in [0.4, 0.5) is 0 Å². The Morgan fingerprint density at radius 1 is 1.05 bits per heavy atom. The SMILES string of the molecule is CC(C)(C)NCCCCC1CCC2(CCCCC2)O1. The Morgan fingerprint density at radius 3 is 2.47 bits per heavy atom. The highest BCUT2D eigenvalue weighted by molar-refractivity contribution is 4.91. The summed E-state index contributed by atoms with van der Waals surface area (Å²) in [5, 5.41) is 3.56. The molecule has 1 saturated carbocycles. The Bertz CT molecular complexity index is 263. The largest absolute Gasteiger partial charge is 0.372 e. The lowest BCUT2D eigenvalue weighted by Crippen LogP contribution is -2.36. The van der Waals surface area contributed by atoms with Gasteiger partial charge in [-0.2, -0.15) is 0 Å². The first-order valence-electron chi connectivity index (χ1n) is 8.42. The van der Waals surface area contributed by atoms with Crippen molar-refractivity contribution in [3.8, 4) is 0 Å². The molecular weight excluding hydrogens is 234 g/mol. The summed E-state index contributed by atoms with van der Waals surface area (Å²) in [6, 6.07) is 0. The third kappa shape index (κ3) is 5.07. The third-order valence-corrected chi connectivity index (χ3v) is 4.71. The van der Waals surface area contributed by atoms with E-state index in [0.29, 0.717) is 11.7 Å². The predicted molar refractivity (Wildman–Crippen MR) is 81.5 cm³/mol. The zero-order valence-corrected chi connectivity index (χ0v) is 13.3. The van der Waals surface area contributed by atoms with Crippen LogP contribution in [0, 0.1) is 0 Å². The minimum Gasteiger partial charge on any atom is -0.372 e. The van der Waals surface area contributed by atoms with Crippen molar-refractivity contribution < 1.29 is 4.74 Å². The van der Waals surface area contributed by atoms with Crippen LogP contribution in [-0.2, 0) is 4.74 Å². The number of nitrogens with one attached hydrogen (secondary N) is 1. The highest BCUT2D eigenvalue weighted by Crippen LogP contribution is 2.42. The van der Waals surface area contributed by atoms with Crippen molar-refractivity contribution in [2.45, 2.75) is 102 Å². The van der Waals surface area contributed by atoms with Crippen LogP contribution in [-0.4, -0.2) is 23.8 Å². The van der Waals surface area contributed by atoms with Gasteiger partial charge in [0.1, 0.15) is 0 Å². The Kier molecular flexibility index (Phi) is 5.30. The molecule has 2 nitrogen and oxygen atoms in total. The summed E-state index contributed by atoms with van der Waals surface area (Å²) in [4.78, 5) is 0. The van der Waals surface area contributed by atoms with Crippen LogP contribution in [0.3, 0.4) is 0 Å². The second-order valence-corrected chi connectivity index (χ2v) is 7.69. The van der Waals surface area contributed by atoms with Gasteiger partial charge in [0.2, 0.25) is 0 Å². The monoisotopic (exact) mass is 267 g/mol. The highest BCUT2D eigenvalue weighted by atomic mass is 16.5. The molecule has 0 aromatic heterocycles. The molecule has 1 heterocycles. The van der Waals surface area contributed by atoms with Crippen LogP contribution in [0.25, 0.3) is 0 Å². The smallest absolute Gasteiger partial charge is 0.0687 e. The van der Waals surface area contributed by atoms with E-state index >= 15 is 0 Å². The summed E-state index contributed by atoms with van der Waals surface area (Å²) in [7, 11) is 0. The van der Waals surface area contributed by atoms with Crippen molar-refractivity contribution in [2.24, 2.45) is 0 Å². The van der Waals surface area contributed by atoms with E-state index in [-0.39, 0.29) is 5.54 Å². The van der Waals surface area contributed by atoms with Gasteiger partial charge in [-0.3, -0.25) is 0 Å². The number of ether oxygens (including phenoxy) is 1. The van der Waals surface area contributed by atoms with Crippen molar-refractivity contribution >= 4 is 0 Å². The first kappa shape index (κ1) is 15.3. The Labute approximate surface area is 119 Å². The average Bonchev–Trinajstić information content (AvgIpc) is 2.71. The van der Waals surface area contributed by atoms with Crippen LogP contribution >= 0.6 is 0 Å². The lowest BCUT2D eigenvalue weighted by atomic mass is 9.83. The van der Waals surface area contributed by atoms with Crippen molar-refractivity contribution in [3.05, 3.63) is 0 Å². The van der Waals surface area contributed by atoms with Gasteiger partial charge in [0.05, 0.1) is 11.7 Å². The number of hydrogen-bond donors (Lipinski definition) is 1. The van der Waals surface area contributed by atoms with Gasteiger partial charge in [-0.05, 0) is 72.3 Å². The lowest BCUT2D eigenvalue weighted by molar-refractivity contribution is -0.0660. The molecule has 0 aromatic rings. The molecule has 0 radical (unpaired) electrons. The van der Waals surface area contributed by atoms with Crippen LogP contribution in [0.15, 0.2) is 0 Å².